The van der Waals surface area contributed by atoms with E-state index in [-0.39, 0.29) is 0 Å². The number of nitrogens with zero attached hydrogens (tertiary/aromatic N) is 1. The van der Waals surface area contributed by atoms with Gasteiger partial charge < -0.3 is 15.0 Å². The van der Waals surface area contributed by atoms with Gasteiger partial charge in [0.1, 0.15) is 0 Å². The van der Waals surface area contributed by atoms with Gasteiger partial charge >= 0.3 is 0 Å². The van der Waals surface area contributed by atoms with Gasteiger partial charge in [-0.2, -0.15) is 0 Å². The van der Waals surface area contributed by atoms with Crippen LogP contribution in [0.5, 0.6) is 11.6 Å². The Kier molecular flexibility index (Phi) is 3.32. The molecule has 0 amide bonds. The lowest BCUT2D eigenvalue weighted by atomic mass is 10.4. The van der Waals surface area contributed by atoms with Gasteiger partial charge in [-0.1, -0.05) is 0 Å². The van der Waals surface area contributed by atoms with E-state index in [0.29, 0.717) is 17.3 Å². The molecule has 72 valence electrons. The zero-order valence-corrected chi connectivity index (χ0v) is 8.84. The number of pyridine rings is 1. The second-order valence-corrected chi connectivity index (χ2v) is 4.48. The molecule has 4 nitrogen and oxygen atoms in total. The molecule has 0 aliphatic heterocycles. The Balaban J connectivity index is 2.90. The van der Waals surface area contributed by atoms with Gasteiger partial charge in [0.25, 0.3) is 0 Å². The third-order valence-corrected chi connectivity index (χ3v) is 1.92. The lowest BCUT2D eigenvalue weighted by Crippen LogP contribution is -1.95. The standard InChI is InChI=1S/C8H13N2O2P/c1-11-8-4-7(12-13(2)3)6(9)5-10-8/h4-5H,9H2,1-3H3. The maximum Gasteiger partial charge on any atom is 0.216 e. The summed E-state index contributed by atoms with van der Waals surface area (Å²) in [6, 6.07) is 1.69. The number of aromatic nitrogens is 1. The van der Waals surface area contributed by atoms with Crippen LogP contribution in [-0.4, -0.2) is 25.4 Å². The summed E-state index contributed by atoms with van der Waals surface area (Å²) < 4.78 is 10.5. The summed E-state index contributed by atoms with van der Waals surface area (Å²) in [5.41, 5.74) is 6.20. The first-order valence-corrected chi connectivity index (χ1v) is 5.93. The lowest BCUT2D eigenvalue weighted by molar-refractivity contribution is 0.396. The zero-order valence-electron chi connectivity index (χ0n) is 7.94. The van der Waals surface area contributed by atoms with Crippen LogP contribution in [0, 0.1) is 0 Å². The summed E-state index contributed by atoms with van der Waals surface area (Å²) in [5, 5.41) is 0. The quantitative estimate of drug-likeness (QED) is 0.754. The summed E-state index contributed by atoms with van der Waals surface area (Å²) in [7, 11) is 1.08. The van der Waals surface area contributed by atoms with Gasteiger partial charge in [-0.05, 0) is 13.3 Å². The van der Waals surface area contributed by atoms with Crippen LogP contribution < -0.4 is 15.0 Å². The van der Waals surface area contributed by atoms with Gasteiger partial charge in [-0.15, -0.1) is 0 Å². The van der Waals surface area contributed by atoms with Crippen molar-refractivity contribution in [1.29, 1.82) is 0 Å². The van der Waals surface area contributed by atoms with Crippen LogP contribution >= 0.6 is 8.15 Å². The number of nitrogen functional groups attached to an aromatic ring is 1. The molecule has 0 aliphatic rings. The first-order valence-electron chi connectivity index (χ1n) is 3.78. The van der Waals surface area contributed by atoms with E-state index in [0.717, 1.165) is 0 Å². The zero-order chi connectivity index (χ0) is 9.84. The minimum Gasteiger partial charge on any atom is -0.481 e. The van der Waals surface area contributed by atoms with Crippen LogP contribution in [0.2, 0.25) is 0 Å². The summed E-state index contributed by atoms with van der Waals surface area (Å²) in [5.74, 6) is 1.16. The highest BCUT2D eigenvalue weighted by molar-refractivity contribution is 7.51. The molecule has 0 aromatic carbocycles. The van der Waals surface area contributed by atoms with E-state index in [1.807, 2.05) is 13.3 Å². The molecule has 0 atom stereocenters. The third kappa shape index (κ3) is 2.74. The van der Waals surface area contributed by atoms with Crippen molar-refractivity contribution in [2.24, 2.45) is 0 Å². The fourth-order valence-electron chi connectivity index (χ4n) is 0.817. The molecule has 2 N–H and O–H groups in total. The molecule has 0 aliphatic carbocycles. The van der Waals surface area contributed by atoms with Crippen LogP contribution in [0.15, 0.2) is 12.3 Å². The van der Waals surface area contributed by atoms with Gasteiger partial charge in [0.05, 0.1) is 27.1 Å². The Labute approximate surface area is 78.9 Å². The van der Waals surface area contributed by atoms with Crippen molar-refractivity contribution in [2.75, 3.05) is 26.2 Å². The second kappa shape index (κ2) is 4.28. The number of ether oxygens (including phenoxy) is 1. The van der Waals surface area contributed by atoms with E-state index in [9.17, 15) is 0 Å². The molecule has 0 saturated carbocycles. The minimum absolute atomic E-state index is 0.474. The normalized spacial score (nSPS) is 10.2. The predicted octanol–water partition coefficient (Wildman–Crippen LogP) is 1.71. The molecular weight excluding hydrogens is 187 g/mol. The van der Waals surface area contributed by atoms with E-state index >= 15 is 0 Å². The smallest absolute Gasteiger partial charge is 0.216 e. The lowest BCUT2D eigenvalue weighted by Gasteiger charge is -2.11. The molecule has 5 heteroatoms. The van der Waals surface area contributed by atoms with Crippen LogP contribution in [0.25, 0.3) is 0 Å². The Morgan fingerprint density at radius 1 is 1.46 bits per heavy atom. The van der Waals surface area contributed by atoms with Crippen molar-refractivity contribution < 1.29 is 9.26 Å². The molecule has 1 heterocycles. The molecule has 0 bridgehead atoms. The van der Waals surface area contributed by atoms with Gasteiger partial charge in [0, 0.05) is 6.07 Å². The Bertz CT molecular complexity index is 291. The monoisotopic (exact) mass is 200 g/mol. The van der Waals surface area contributed by atoms with Crippen molar-refractivity contribution in [1.82, 2.24) is 4.98 Å². The fraction of sp³-hybridized carbons (Fsp3) is 0.375. The molecule has 0 radical (unpaired) electrons. The highest BCUT2D eigenvalue weighted by Gasteiger charge is 2.05. The number of methoxy groups -OCH3 is 1. The molecule has 1 aromatic heterocycles. The maximum atomic E-state index is 5.66. The van der Waals surface area contributed by atoms with Crippen molar-refractivity contribution >= 4 is 13.8 Å². The first kappa shape index (κ1) is 10.1. The molecule has 0 unspecified atom stereocenters. The van der Waals surface area contributed by atoms with Crippen LogP contribution in [-0.2, 0) is 0 Å². The highest BCUT2D eigenvalue weighted by Crippen LogP contribution is 2.34. The molecular formula is C8H13N2O2P. The fourth-order valence-corrected chi connectivity index (χ4v) is 1.37. The summed E-state index contributed by atoms with van der Waals surface area (Å²) >= 11 is 0. The number of hydrogen-bond donors (Lipinski definition) is 1. The maximum absolute atomic E-state index is 5.66. The molecule has 0 spiro atoms. The van der Waals surface area contributed by atoms with E-state index < -0.39 is 8.15 Å². The number of nitrogens with two attached hydrogens (primary N) is 1. The van der Waals surface area contributed by atoms with Gasteiger partial charge in [-0.3, -0.25) is 0 Å². The third-order valence-electron chi connectivity index (χ3n) is 1.36. The SMILES string of the molecule is COc1cc(OP(C)C)c(N)cn1. The topological polar surface area (TPSA) is 57.4 Å². The van der Waals surface area contributed by atoms with Gasteiger partial charge in [0.2, 0.25) is 5.88 Å². The number of rotatable bonds is 3. The average Bonchev–Trinajstić information content (AvgIpc) is 2.08. The Morgan fingerprint density at radius 3 is 2.69 bits per heavy atom. The van der Waals surface area contributed by atoms with E-state index in [2.05, 4.69) is 4.98 Å². The van der Waals surface area contributed by atoms with E-state index in [4.69, 9.17) is 15.0 Å². The first-order chi connectivity index (χ1) is 6.13. The van der Waals surface area contributed by atoms with Gasteiger partial charge in [0.15, 0.2) is 5.75 Å². The van der Waals surface area contributed by atoms with Crippen molar-refractivity contribution in [3.05, 3.63) is 12.3 Å². The molecule has 13 heavy (non-hydrogen) atoms. The van der Waals surface area contributed by atoms with Crippen LogP contribution in [0.4, 0.5) is 5.69 Å². The van der Waals surface area contributed by atoms with E-state index in [1.54, 1.807) is 13.2 Å². The van der Waals surface area contributed by atoms with Crippen molar-refractivity contribution in [3.63, 3.8) is 0 Å². The molecule has 0 saturated heterocycles. The summed E-state index contributed by atoms with van der Waals surface area (Å²) in [6.45, 7) is 4.00. The van der Waals surface area contributed by atoms with Crippen LogP contribution in [0.3, 0.4) is 0 Å². The predicted molar refractivity (Wildman–Crippen MR) is 54.6 cm³/mol. The van der Waals surface area contributed by atoms with Crippen molar-refractivity contribution in [3.8, 4) is 11.6 Å². The minimum atomic E-state index is -0.474. The highest BCUT2D eigenvalue weighted by atomic mass is 31.1. The summed E-state index contributed by atoms with van der Waals surface area (Å²) in [4.78, 5) is 3.94. The average molecular weight is 200 g/mol. The second-order valence-electron chi connectivity index (χ2n) is 2.67. The number of hydrogen-bond acceptors (Lipinski definition) is 4. The molecule has 1 rings (SSSR count). The number of anilines is 1. The molecule has 0 fully saturated rings. The molecule has 1 aromatic rings. The largest absolute Gasteiger partial charge is 0.481 e. The van der Waals surface area contributed by atoms with Crippen molar-refractivity contribution in [2.45, 2.75) is 0 Å². The Hall–Kier alpha value is -1.02. The Morgan fingerprint density at radius 2 is 2.15 bits per heavy atom. The van der Waals surface area contributed by atoms with E-state index in [1.165, 1.54) is 6.20 Å². The van der Waals surface area contributed by atoms with Crippen LogP contribution in [0.1, 0.15) is 0 Å². The van der Waals surface area contributed by atoms with Gasteiger partial charge in [-0.25, -0.2) is 4.98 Å². The summed E-state index contributed by atoms with van der Waals surface area (Å²) in [6.07, 6.45) is 1.53.